The molecule has 0 saturated carbocycles. The second-order valence-electron chi connectivity index (χ2n) is 5.75. The van der Waals surface area contributed by atoms with E-state index >= 15 is 0 Å². The highest BCUT2D eigenvalue weighted by Gasteiger charge is 2.18. The molecule has 9 nitrogen and oxygen atoms in total. The lowest BCUT2D eigenvalue weighted by molar-refractivity contribution is 0.212. The van der Waals surface area contributed by atoms with E-state index in [0.717, 1.165) is 10.8 Å². The summed E-state index contributed by atoms with van der Waals surface area (Å²) in [4.78, 5) is 0. The Balaban J connectivity index is 1.69. The molecule has 0 aliphatic heterocycles. The Morgan fingerprint density at radius 1 is 1.12 bits per heavy atom. The smallest absolute Gasteiger partial charge is 0.241 e. The van der Waals surface area contributed by atoms with Gasteiger partial charge in [0.2, 0.25) is 11.7 Å². The number of fused-ring (bicyclic) bond motifs is 3. The number of rotatable bonds is 4. The number of benzene rings is 1. The molecular formula is C17H13N7O2. The molecule has 0 aliphatic rings. The van der Waals surface area contributed by atoms with Crippen LogP contribution >= 0.6 is 0 Å². The van der Waals surface area contributed by atoms with Gasteiger partial charge in [-0.25, -0.2) is 4.68 Å². The molecule has 0 amide bonds. The van der Waals surface area contributed by atoms with Gasteiger partial charge in [0.05, 0.1) is 0 Å². The van der Waals surface area contributed by atoms with Gasteiger partial charge < -0.3 is 9.26 Å². The van der Waals surface area contributed by atoms with Crippen LogP contribution in [-0.2, 0) is 6.73 Å². The van der Waals surface area contributed by atoms with Crippen LogP contribution in [0.1, 0.15) is 5.76 Å². The molecule has 26 heavy (non-hydrogen) atoms. The van der Waals surface area contributed by atoms with Crippen molar-refractivity contribution in [1.82, 2.24) is 34.7 Å². The van der Waals surface area contributed by atoms with Crippen LogP contribution in [0.25, 0.3) is 27.9 Å². The number of hydrogen-bond acceptors (Lipinski definition) is 7. The topological polar surface area (TPSA) is 96.2 Å². The largest absolute Gasteiger partial charge is 0.453 e. The Labute approximate surface area is 146 Å². The minimum atomic E-state index is 0.246. The maximum atomic E-state index is 5.91. The van der Waals surface area contributed by atoms with Gasteiger partial charge in [-0.3, -0.25) is 0 Å². The molecule has 0 aliphatic carbocycles. The maximum absolute atomic E-state index is 5.91. The van der Waals surface area contributed by atoms with E-state index < -0.39 is 0 Å². The van der Waals surface area contributed by atoms with Gasteiger partial charge in [0, 0.05) is 29.2 Å². The Morgan fingerprint density at radius 3 is 2.77 bits per heavy atom. The van der Waals surface area contributed by atoms with Gasteiger partial charge >= 0.3 is 0 Å². The Hall–Kier alpha value is -3.75. The summed E-state index contributed by atoms with van der Waals surface area (Å²) in [6, 6.07) is 11.4. The van der Waals surface area contributed by atoms with Crippen LogP contribution < -0.4 is 4.74 Å². The molecule has 4 aromatic heterocycles. The standard InChI is InChI=1S/C17H13N7O2/c1-11-9-14(22-26-11)16-20-19-15-12-5-2-3-6-13(12)17(21-24(15)16)25-10-23-8-4-7-18-23/h2-9H,10H2,1H3. The summed E-state index contributed by atoms with van der Waals surface area (Å²) in [6.07, 6.45) is 3.52. The molecule has 5 rings (SSSR count). The molecule has 0 N–H and O–H groups in total. The van der Waals surface area contributed by atoms with Crippen molar-refractivity contribution in [2.45, 2.75) is 13.7 Å². The third-order valence-electron chi connectivity index (χ3n) is 3.98. The highest BCUT2D eigenvalue weighted by atomic mass is 16.5. The van der Waals surface area contributed by atoms with E-state index in [-0.39, 0.29) is 6.73 Å². The second kappa shape index (κ2) is 5.66. The second-order valence-corrected chi connectivity index (χ2v) is 5.75. The van der Waals surface area contributed by atoms with E-state index in [1.54, 1.807) is 21.5 Å². The molecule has 0 atom stereocenters. The molecule has 5 aromatic rings. The minimum Gasteiger partial charge on any atom is -0.453 e. The molecule has 0 bridgehead atoms. The van der Waals surface area contributed by atoms with Crippen LogP contribution in [0.4, 0.5) is 0 Å². The lowest BCUT2D eigenvalue weighted by Crippen LogP contribution is -2.08. The number of ether oxygens (including phenoxy) is 1. The Bertz CT molecular complexity index is 1210. The number of aromatic nitrogens is 7. The van der Waals surface area contributed by atoms with E-state index in [1.165, 1.54) is 0 Å². The monoisotopic (exact) mass is 347 g/mol. The average molecular weight is 347 g/mol. The van der Waals surface area contributed by atoms with Crippen molar-refractivity contribution in [2.24, 2.45) is 0 Å². The van der Waals surface area contributed by atoms with Gasteiger partial charge in [0.25, 0.3) is 0 Å². The zero-order chi connectivity index (χ0) is 17.5. The molecule has 0 saturated heterocycles. The van der Waals surface area contributed by atoms with Gasteiger partial charge in [-0.1, -0.05) is 23.4 Å². The summed E-state index contributed by atoms with van der Waals surface area (Å²) >= 11 is 0. The van der Waals surface area contributed by atoms with Gasteiger partial charge in [0.15, 0.2) is 18.1 Å². The molecule has 0 unspecified atom stereocenters. The fraction of sp³-hybridized carbons (Fsp3) is 0.118. The van der Waals surface area contributed by atoms with Crippen LogP contribution in [-0.4, -0.2) is 34.7 Å². The quantitative estimate of drug-likeness (QED) is 0.493. The van der Waals surface area contributed by atoms with Crippen molar-refractivity contribution in [3.63, 3.8) is 0 Å². The molecular weight excluding hydrogens is 334 g/mol. The summed E-state index contributed by atoms with van der Waals surface area (Å²) in [5, 5.41) is 23.0. The number of nitrogens with zero attached hydrogens (tertiary/aromatic N) is 7. The van der Waals surface area contributed by atoms with E-state index in [2.05, 4.69) is 25.6 Å². The lowest BCUT2D eigenvalue weighted by atomic mass is 10.2. The fourth-order valence-corrected chi connectivity index (χ4v) is 2.79. The minimum absolute atomic E-state index is 0.246. The predicted octanol–water partition coefficient (Wildman–Crippen LogP) is 2.47. The van der Waals surface area contributed by atoms with E-state index in [1.807, 2.05) is 43.5 Å². The summed E-state index contributed by atoms with van der Waals surface area (Å²) in [7, 11) is 0. The first kappa shape index (κ1) is 14.6. The molecule has 4 heterocycles. The van der Waals surface area contributed by atoms with Crippen molar-refractivity contribution in [3.8, 4) is 17.4 Å². The highest BCUT2D eigenvalue weighted by Crippen LogP contribution is 2.28. The van der Waals surface area contributed by atoms with Crippen LogP contribution in [0, 0.1) is 6.92 Å². The van der Waals surface area contributed by atoms with Crippen LogP contribution in [0.3, 0.4) is 0 Å². The van der Waals surface area contributed by atoms with Gasteiger partial charge in [-0.05, 0) is 19.1 Å². The number of aryl methyl sites for hydroxylation is 1. The van der Waals surface area contributed by atoms with E-state index in [9.17, 15) is 0 Å². The number of hydrogen-bond donors (Lipinski definition) is 0. The first-order chi connectivity index (χ1) is 12.8. The average Bonchev–Trinajstić information content (AvgIpc) is 3.40. The van der Waals surface area contributed by atoms with Crippen molar-refractivity contribution in [1.29, 1.82) is 0 Å². The highest BCUT2D eigenvalue weighted by molar-refractivity contribution is 5.96. The van der Waals surface area contributed by atoms with Crippen LogP contribution in [0.15, 0.2) is 53.3 Å². The zero-order valence-electron chi connectivity index (χ0n) is 13.8. The van der Waals surface area contributed by atoms with E-state index in [4.69, 9.17) is 9.26 Å². The molecule has 0 fully saturated rings. The van der Waals surface area contributed by atoms with Gasteiger partial charge in [-0.15, -0.1) is 15.3 Å². The van der Waals surface area contributed by atoms with E-state index in [0.29, 0.717) is 28.8 Å². The van der Waals surface area contributed by atoms with Crippen LogP contribution in [0.5, 0.6) is 5.88 Å². The summed E-state index contributed by atoms with van der Waals surface area (Å²) in [5.41, 5.74) is 1.19. The van der Waals surface area contributed by atoms with Crippen molar-refractivity contribution >= 4 is 16.4 Å². The first-order valence-electron chi connectivity index (χ1n) is 7.98. The van der Waals surface area contributed by atoms with Crippen molar-refractivity contribution in [2.75, 3.05) is 0 Å². The summed E-state index contributed by atoms with van der Waals surface area (Å²) < 4.78 is 14.4. The maximum Gasteiger partial charge on any atom is 0.241 e. The molecule has 9 heteroatoms. The van der Waals surface area contributed by atoms with Crippen molar-refractivity contribution in [3.05, 3.63) is 54.6 Å². The molecule has 128 valence electrons. The van der Waals surface area contributed by atoms with Gasteiger partial charge in [0.1, 0.15) is 5.76 Å². The van der Waals surface area contributed by atoms with Gasteiger partial charge in [-0.2, -0.15) is 9.61 Å². The van der Waals surface area contributed by atoms with Crippen molar-refractivity contribution < 1.29 is 9.26 Å². The van der Waals surface area contributed by atoms with Crippen LogP contribution in [0.2, 0.25) is 0 Å². The summed E-state index contributed by atoms with van der Waals surface area (Å²) in [5.74, 6) is 1.64. The third-order valence-corrected chi connectivity index (χ3v) is 3.98. The molecule has 0 radical (unpaired) electrons. The first-order valence-corrected chi connectivity index (χ1v) is 7.98. The molecule has 0 spiro atoms. The molecule has 1 aromatic carbocycles. The SMILES string of the molecule is Cc1cc(-c2nnc3c4ccccc4c(OCn4cccn4)nn23)no1. The lowest BCUT2D eigenvalue weighted by Gasteiger charge is -2.09. The fourth-order valence-electron chi connectivity index (χ4n) is 2.79. The third kappa shape index (κ3) is 2.29. The predicted molar refractivity (Wildman–Crippen MR) is 91.4 cm³/mol. The summed E-state index contributed by atoms with van der Waals surface area (Å²) in [6.45, 7) is 2.07. The zero-order valence-corrected chi connectivity index (χ0v) is 13.8. The normalized spacial score (nSPS) is 11.4. The Morgan fingerprint density at radius 2 is 2.00 bits per heavy atom. The Kier molecular flexibility index (Phi) is 3.17.